The van der Waals surface area contributed by atoms with Crippen molar-refractivity contribution in [2.75, 3.05) is 5.32 Å². The third-order valence-corrected chi connectivity index (χ3v) is 4.76. The van der Waals surface area contributed by atoms with Crippen LogP contribution in [-0.4, -0.2) is 26.3 Å². The summed E-state index contributed by atoms with van der Waals surface area (Å²) in [5.41, 5.74) is 0.808. The molecule has 144 valence electrons. The van der Waals surface area contributed by atoms with Gasteiger partial charge in [-0.15, -0.1) is 0 Å². The number of benzene rings is 2. The van der Waals surface area contributed by atoms with Crippen molar-refractivity contribution in [2.45, 2.75) is 11.1 Å². The minimum Gasteiger partial charge on any atom is -0.459 e. The SMILES string of the molecule is NS(=O)(=O)c1ccc(N[C@@H](NC(=O)c2ccco2)C(=O)c2ccccc2)cc1. The van der Waals surface area contributed by atoms with Gasteiger partial charge in [0.25, 0.3) is 5.91 Å². The number of nitrogens with two attached hydrogens (primary N) is 1. The first-order valence-electron chi connectivity index (χ1n) is 8.17. The van der Waals surface area contributed by atoms with Crippen molar-refractivity contribution in [1.82, 2.24) is 5.32 Å². The van der Waals surface area contributed by atoms with Crippen molar-refractivity contribution in [3.63, 3.8) is 0 Å². The Labute approximate surface area is 161 Å². The second-order valence-corrected chi connectivity index (χ2v) is 7.39. The maximum atomic E-state index is 12.9. The Bertz CT molecular complexity index is 1060. The Morgan fingerprint density at radius 1 is 0.929 bits per heavy atom. The molecule has 0 saturated heterocycles. The van der Waals surface area contributed by atoms with Crippen LogP contribution in [0.1, 0.15) is 20.9 Å². The molecule has 0 bridgehead atoms. The van der Waals surface area contributed by atoms with Crippen LogP contribution in [0.15, 0.2) is 82.3 Å². The molecule has 1 heterocycles. The fourth-order valence-corrected chi connectivity index (χ4v) is 2.97. The number of rotatable bonds is 7. The molecule has 0 aliphatic rings. The van der Waals surface area contributed by atoms with Gasteiger partial charge in [0.05, 0.1) is 11.2 Å². The molecule has 0 aliphatic carbocycles. The van der Waals surface area contributed by atoms with Crippen LogP contribution in [0.4, 0.5) is 5.69 Å². The van der Waals surface area contributed by atoms with Crippen molar-refractivity contribution in [3.8, 4) is 0 Å². The van der Waals surface area contributed by atoms with Gasteiger partial charge < -0.3 is 15.1 Å². The Morgan fingerprint density at radius 3 is 2.18 bits per heavy atom. The maximum Gasteiger partial charge on any atom is 0.288 e. The smallest absolute Gasteiger partial charge is 0.288 e. The third-order valence-electron chi connectivity index (χ3n) is 3.83. The topological polar surface area (TPSA) is 132 Å². The van der Waals surface area contributed by atoms with Gasteiger partial charge in [0.15, 0.2) is 11.9 Å². The molecular weight excluding hydrogens is 382 g/mol. The largest absolute Gasteiger partial charge is 0.459 e. The first kappa shape index (κ1) is 19.3. The van der Waals surface area contributed by atoms with Gasteiger partial charge in [0.2, 0.25) is 15.8 Å². The second kappa shape index (κ2) is 8.07. The number of primary sulfonamides is 1. The molecule has 3 rings (SSSR count). The summed E-state index contributed by atoms with van der Waals surface area (Å²) in [4.78, 5) is 25.1. The number of hydrogen-bond donors (Lipinski definition) is 3. The maximum absolute atomic E-state index is 12.9. The highest BCUT2D eigenvalue weighted by atomic mass is 32.2. The molecule has 0 saturated carbocycles. The average molecular weight is 399 g/mol. The van der Waals surface area contributed by atoms with E-state index < -0.39 is 22.1 Å². The number of Topliss-reactive ketones (excluding diaryl/α,β-unsaturated/α-hetero) is 1. The number of hydrogen-bond acceptors (Lipinski definition) is 6. The van der Waals surface area contributed by atoms with Crippen LogP contribution in [-0.2, 0) is 10.0 Å². The fraction of sp³-hybridized carbons (Fsp3) is 0.0526. The number of nitrogens with one attached hydrogen (secondary N) is 2. The third kappa shape index (κ3) is 4.64. The van der Waals surface area contributed by atoms with Crippen molar-refractivity contribution in [2.24, 2.45) is 5.14 Å². The van der Waals surface area contributed by atoms with Crippen LogP contribution in [0, 0.1) is 0 Å². The predicted molar refractivity (Wildman–Crippen MR) is 102 cm³/mol. The summed E-state index contributed by atoms with van der Waals surface area (Å²) < 4.78 is 27.8. The normalized spacial score (nSPS) is 12.2. The molecule has 1 amide bonds. The number of anilines is 1. The Hall–Kier alpha value is -3.43. The fourth-order valence-electron chi connectivity index (χ4n) is 2.45. The summed E-state index contributed by atoms with van der Waals surface area (Å²) in [5, 5.41) is 10.5. The first-order valence-corrected chi connectivity index (χ1v) is 9.72. The summed E-state index contributed by atoms with van der Waals surface area (Å²) >= 11 is 0. The molecule has 9 heteroatoms. The summed E-state index contributed by atoms with van der Waals surface area (Å²) in [6.45, 7) is 0. The lowest BCUT2D eigenvalue weighted by atomic mass is 10.1. The molecule has 4 N–H and O–H groups in total. The molecule has 8 nitrogen and oxygen atoms in total. The van der Waals surface area contributed by atoms with Gasteiger partial charge in [-0.25, -0.2) is 13.6 Å². The van der Waals surface area contributed by atoms with Gasteiger partial charge in [-0.1, -0.05) is 30.3 Å². The monoisotopic (exact) mass is 399 g/mol. The van der Waals surface area contributed by atoms with Gasteiger partial charge in [0, 0.05) is 11.3 Å². The van der Waals surface area contributed by atoms with Crippen LogP contribution in [0.25, 0.3) is 0 Å². The lowest BCUT2D eigenvalue weighted by Gasteiger charge is -2.20. The molecule has 28 heavy (non-hydrogen) atoms. The average Bonchev–Trinajstić information content (AvgIpc) is 3.22. The highest BCUT2D eigenvalue weighted by molar-refractivity contribution is 7.89. The molecule has 0 radical (unpaired) electrons. The Balaban J connectivity index is 1.85. The molecule has 3 aromatic rings. The van der Waals surface area contributed by atoms with E-state index >= 15 is 0 Å². The van der Waals surface area contributed by atoms with Gasteiger partial charge in [-0.3, -0.25) is 9.59 Å². The Kier molecular flexibility index (Phi) is 5.57. The van der Waals surface area contributed by atoms with E-state index in [1.165, 1.54) is 36.6 Å². The molecule has 0 fully saturated rings. The lowest BCUT2D eigenvalue weighted by molar-refractivity contribution is 0.0853. The van der Waals surface area contributed by atoms with E-state index in [1.54, 1.807) is 36.4 Å². The zero-order valence-electron chi connectivity index (χ0n) is 14.5. The van der Waals surface area contributed by atoms with E-state index in [9.17, 15) is 18.0 Å². The van der Waals surface area contributed by atoms with Gasteiger partial charge in [-0.05, 0) is 36.4 Å². The van der Waals surface area contributed by atoms with E-state index in [-0.39, 0.29) is 16.4 Å². The van der Waals surface area contributed by atoms with E-state index in [1.807, 2.05) is 0 Å². The summed E-state index contributed by atoms with van der Waals surface area (Å²) in [7, 11) is -3.83. The first-order chi connectivity index (χ1) is 13.3. The van der Waals surface area contributed by atoms with E-state index in [4.69, 9.17) is 9.56 Å². The van der Waals surface area contributed by atoms with Crippen LogP contribution in [0.5, 0.6) is 0 Å². The van der Waals surface area contributed by atoms with Crippen LogP contribution < -0.4 is 15.8 Å². The molecule has 1 aromatic heterocycles. The number of sulfonamides is 1. The number of ketones is 1. The van der Waals surface area contributed by atoms with Gasteiger partial charge in [-0.2, -0.15) is 0 Å². The molecular formula is C19H17N3O5S. The molecule has 0 spiro atoms. The summed E-state index contributed by atoms with van der Waals surface area (Å²) in [6.07, 6.45) is 0.239. The Morgan fingerprint density at radius 2 is 1.61 bits per heavy atom. The number of amides is 1. The van der Waals surface area contributed by atoms with Crippen molar-refractivity contribution >= 4 is 27.4 Å². The number of carbonyl (C=O) groups excluding carboxylic acids is 2. The lowest BCUT2D eigenvalue weighted by Crippen LogP contribution is -2.46. The standard InChI is InChI=1S/C19H17N3O5S/c20-28(25,26)15-10-8-14(9-11-15)21-18(17(23)13-5-2-1-3-6-13)22-19(24)16-7-4-12-27-16/h1-12,18,21H,(H,22,24)(H2,20,25,26)/t18-/m0/s1. The number of furan rings is 1. The number of carbonyl (C=O) groups is 2. The van der Waals surface area contributed by atoms with Crippen molar-refractivity contribution in [1.29, 1.82) is 0 Å². The summed E-state index contributed by atoms with van der Waals surface area (Å²) in [5.74, 6) is -0.902. The zero-order chi connectivity index (χ0) is 20.1. The summed E-state index contributed by atoms with van der Waals surface area (Å²) in [6, 6.07) is 17.0. The zero-order valence-corrected chi connectivity index (χ0v) is 15.3. The predicted octanol–water partition coefficient (Wildman–Crippen LogP) is 1.98. The van der Waals surface area contributed by atoms with Crippen molar-refractivity contribution < 1.29 is 22.4 Å². The van der Waals surface area contributed by atoms with Crippen LogP contribution in [0.2, 0.25) is 0 Å². The highest BCUT2D eigenvalue weighted by Gasteiger charge is 2.24. The minimum atomic E-state index is -3.83. The highest BCUT2D eigenvalue weighted by Crippen LogP contribution is 2.15. The molecule has 0 aliphatic heterocycles. The van der Waals surface area contributed by atoms with Crippen LogP contribution in [0.3, 0.4) is 0 Å². The van der Waals surface area contributed by atoms with Crippen LogP contribution >= 0.6 is 0 Å². The van der Waals surface area contributed by atoms with E-state index in [2.05, 4.69) is 10.6 Å². The quantitative estimate of drug-likeness (QED) is 0.411. The van der Waals surface area contributed by atoms with Gasteiger partial charge in [0.1, 0.15) is 0 Å². The van der Waals surface area contributed by atoms with Crippen molar-refractivity contribution in [3.05, 3.63) is 84.3 Å². The van der Waals surface area contributed by atoms with Gasteiger partial charge >= 0.3 is 0 Å². The van der Waals surface area contributed by atoms with E-state index in [0.717, 1.165) is 0 Å². The molecule has 1 atom stereocenters. The minimum absolute atomic E-state index is 0.0530. The van der Waals surface area contributed by atoms with E-state index in [0.29, 0.717) is 11.3 Å². The second-order valence-electron chi connectivity index (χ2n) is 5.83. The molecule has 0 unspecified atom stereocenters. The molecule has 2 aromatic carbocycles.